The van der Waals surface area contributed by atoms with Crippen LogP contribution in [0.15, 0.2) is 0 Å². The number of rotatable bonds is 5. The summed E-state index contributed by atoms with van der Waals surface area (Å²) >= 11 is 0. The van der Waals surface area contributed by atoms with Crippen LogP contribution in [0.5, 0.6) is 0 Å². The molecule has 0 bridgehead atoms. The van der Waals surface area contributed by atoms with Crippen molar-refractivity contribution in [3.8, 4) is 0 Å². The number of carbonyl (C=O) groups is 2. The molecule has 96 valence electrons. The normalized spacial score (nSPS) is 28.9. The molecule has 0 aromatic carbocycles. The molecule has 4 nitrogen and oxygen atoms in total. The molecule has 1 N–H and O–H groups in total. The van der Waals surface area contributed by atoms with Crippen molar-refractivity contribution < 1.29 is 14.7 Å². The zero-order valence-electron chi connectivity index (χ0n) is 10.7. The second kappa shape index (κ2) is 4.31. The van der Waals surface area contributed by atoms with E-state index in [0.717, 1.165) is 12.8 Å². The Kier molecular flexibility index (Phi) is 3.15. The lowest BCUT2D eigenvalue weighted by Crippen LogP contribution is -2.44. The molecule has 4 heteroatoms. The van der Waals surface area contributed by atoms with Gasteiger partial charge in [0.05, 0.1) is 11.8 Å². The van der Waals surface area contributed by atoms with Gasteiger partial charge in [-0.25, -0.2) is 0 Å². The summed E-state index contributed by atoms with van der Waals surface area (Å²) in [4.78, 5) is 25.1. The molecular weight excluding hydrogens is 218 g/mol. The van der Waals surface area contributed by atoms with Crippen molar-refractivity contribution in [3.05, 3.63) is 0 Å². The molecule has 0 aromatic heterocycles. The quantitative estimate of drug-likeness (QED) is 0.795. The molecular formula is C13H21NO3. The van der Waals surface area contributed by atoms with Crippen molar-refractivity contribution in [2.45, 2.75) is 52.1 Å². The largest absolute Gasteiger partial charge is 0.481 e. The highest BCUT2D eigenvalue weighted by Gasteiger charge is 2.52. The molecule has 2 aliphatic rings. The summed E-state index contributed by atoms with van der Waals surface area (Å²) in [6.07, 6.45) is 2.68. The van der Waals surface area contributed by atoms with Gasteiger partial charge in [-0.05, 0) is 32.1 Å². The number of amides is 1. The van der Waals surface area contributed by atoms with Gasteiger partial charge in [-0.15, -0.1) is 0 Å². The molecule has 2 saturated carbocycles. The summed E-state index contributed by atoms with van der Waals surface area (Å²) in [5.74, 6) is -1.02. The van der Waals surface area contributed by atoms with E-state index in [2.05, 4.69) is 20.8 Å². The number of hydrogen-bond acceptors (Lipinski definition) is 2. The average Bonchev–Trinajstić information content (AvgIpc) is 3.11. The van der Waals surface area contributed by atoms with E-state index in [9.17, 15) is 9.59 Å². The van der Waals surface area contributed by atoms with Crippen LogP contribution < -0.4 is 0 Å². The highest BCUT2D eigenvalue weighted by atomic mass is 16.4. The maximum absolute atomic E-state index is 12.3. The van der Waals surface area contributed by atoms with Crippen LogP contribution in [-0.4, -0.2) is 34.0 Å². The van der Waals surface area contributed by atoms with Gasteiger partial charge in [0, 0.05) is 12.1 Å². The molecule has 0 aliphatic heterocycles. The van der Waals surface area contributed by atoms with Gasteiger partial charge in [-0.1, -0.05) is 13.8 Å². The topological polar surface area (TPSA) is 57.6 Å². The molecule has 1 amide bonds. The molecule has 0 heterocycles. The minimum absolute atomic E-state index is 0.0705. The summed E-state index contributed by atoms with van der Waals surface area (Å²) in [6.45, 7) is 6.28. The van der Waals surface area contributed by atoms with E-state index < -0.39 is 11.9 Å². The van der Waals surface area contributed by atoms with E-state index >= 15 is 0 Å². The Hall–Kier alpha value is -1.06. The van der Waals surface area contributed by atoms with Crippen molar-refractivity contribution in [1.82, 2.24) is 4.90 Å². The number of carbonyl (C=O) groups excluding carboxylic acids is 1. The summed E-state index contributed by atoms with van der Waals surface area (Å²) in [5, 5.41) is 8.89. The lowest BCUT2D eigenvalue weighted by atomic mass is 10.0. The van der Waals surface area contributed by atoms with Gasteiger partial charge in [0.25, 0.3) is 0 Å². The first-order valence-electron chi connectivity index (χ1n) is 6.48. The van der Waals surface area contributed by atoms with Crippen LogP contribution in [0.3, 0.4) is 0 Å². The van der Waals surface area contributed by atoms with Crippen LogP contribution in [0, 0.1) is 17.8 Å². The summed E-state index contributed by atoms with van der Waals surface area (Å²) in [7, 11) is 0. The Morgan fingerprint density at radius 3 is 2.12 bits per heavy atom. The SMILES string of the molecule is CC(C)[C@H](C)N(C(=O)[C@@H]1C[C@@H]1C(=O)O)C1CC1. The molecule has 0 saturated heterocycles. The van der Waals surface area contributed by atoms with Crippen molar-refractivity contribution in [2.75, 3.05) is 0 Å². The molecule has 0 aromatic rings. The predicted molar refractivity (Wildman–Crippen MR) is 63.4 cm³/mol. The minimum Gasteiger partial charge on any atom is -0.481 e. The Morgan fingerprint density at radius 1 is 1.18 bits per heavy atom. The van der Waals surface area contributed by atoms with Gasteiger partial charge in [0.1, 0.15) is 0 Å². The van der Waals surface area contributed by atoms with E-state index in [-0.39, 0.29) is 17.9 Å². The minimum atomic E-state index is -0.823. The van der Waals surface area contributed by atoms with Crippen LogP contribution in [-0.2, 0) is 9.59 Å². The third kappa shape index (κ3) is 2.45. The van der Waals surface area contributed by atoms with E-state index in [4.69, 9.17) is 5.11 Å². The lowest BCUT2D eigenvalue weighted by Gasteiger charge is -2.32. The second-order valence-electron chi connectivity index (χ2n) is 5.75. The standard InChI is InChI=1S/C13H21NO3/c1-7(2)8(3)14(9-4-5-9)12(15)10-6-11(10)13(16)17/h7-11H,4-6H2,1-3H3,(H,16,17)/t8-,10+,11-/m0/s1. The summed E-state index contributed by atoms with van der Waals surface area (Å²) in [5.41, 5.74) is 0. The lowest BCUT2D eigenvalue weighted by molar-refractivity contribution is -0.143. The Balaban J connectivity index is 2.02. The van der Waals surface area contributed by atoms with Gasteiger partial charge >= 0.3 is 5.97 Å². The third-order valence-electron chi connectivity index (χ3n) is 4.02. The van der Waals surface area contributed by atoms with Crippen LogP contribution in [0.2, 0.25) is 0 Å². The number of nitrogens with zero attached hydrogens (tertiary/aromatic N) is 1. The van der Waals surface area contributed by atoms with Crippen LogP contribution in [0.1, 0.15) is 40.0 Å². The molecule has 0 unspecified atom stereocenters. The van der Waals surface area contributed by atoms with Gasteiger partial charge in [-0.3, -0.25) is 9.59 Å². The fraction of sp³-hybridized carbons (Fsp3) is 0.846. The highest BCUT2D eigenvalue weighted by molar-refractivity contribution is 5.90. The first-order chi connectivity index (χ1) is 7.93. The van der Waals surface area contributed by atoms with Gasteiger partial charge < -0.3 is 10.0 Å². The summed E-state index contributed by atoms with van der Waals surface area (Å²) < 4.78 is 0. The van der Waals surface area contributed by atoms with Crippen molar-refractivity contribution >= 4 is 11.9 Å². The Labute approximate surface area is 102 Å². The zero-order valence-corrected chi connectivity index (χ0v) is 10.7. The van der Waals surface area contributed by atoms with Crippen LogP contribution in [0.4, 0.5) is 0 Å². The number of hydrogen-bond donors (Lipinski definition) is 1. The predicted octanol–water partition coefficient (Wildman–Crippen LogP) is 1.74. The number of carboxylic acid groups (broad SMARTS) is 1. The molecule has 2 fully saturated rings. The maximum atomic E-state index is 12.3. The number of carboxylic acids is 1. The van der Waals surface area contributed by atoms with Gasteiger partial charge in [0.15, 0.2) is 0 Å². The summed E-state index contributed by atoms with van der Waals surface area (Å²) in [6, 6.07) is 0.583. The van der Waals surface area contributed by atoms with E-state index in [0.29, 0.717) is 18.4 Å². The van der Waals surface area contributed by atoms with E-state index in [1.807, 2.05) is 4.90 Å². The van der Waals surface area contributed by atoms with Crippen molar-refractivity contribution in [1.29, 1.82) is 0 Å². The average molecular weight is 239 g/mol. The monoisotopic (exact) mass is 239 g/mol. The first kappa shape index (κ1) is 12.4. The number of aliphatic carboxylic acids is 1. The smallest absolute Gasteiger partial charge is 0.307 e. The molecule has 2 rings (SSSR count). The Morgan fingerprint density at radius 2 is 1.76 bits per heavy atom. The van der Waals surface area contributed by atoms with Crippen molar-refractivity contribution in [2.24, 2.45) is 17.8 Å². The van der Waals surface area contributed by atoms with E-state index in [1.165, 1.54) is 0 Å². The molecule has 3 atom stereocenters. The molecule has 0 radical (unpaired) electrons. The first-order valence-corrected chi connectivity index (χ1v) is 6.48. The maximum Gasteiger partial charge on any atom is 0.307 e. The van der Waals surface area contributed by atoms with Crippen LogP contribution >= 0.6 is 0 Å². The molecule has 17 heavy (non-hydrogen) atoms. The van der Waals surface area contributed by atoms with Gasteiger partial charge in [-0.2, -0.15) is 0 Å². The highest BCUT2D eigenvalue weighted by Crippen LogP contribution is 2.43. The van der Waals surface area contributed by atoms with Crippen LogP contribution in [0.25, 0.3) is 0 Å². The fourth-order valence-corrected chi connectivity index (χ4v) is 2.32. The fourth-order valence-electron chi connectivity index (χ4n) is 2.32. The zero-order chi connectivity index (χ0) is 12.7. The molecule has 0 spiro atoms. The third-order valence-corrected chi connectivity index (χ3v) is 4.02. The van der Waals surface area contributed by atoms with E-state index in [1.54, 1.807) is 0 Å². The Bertz CT molecular complexity index is 336. The van der Waals surface area contributed by atoms with Crippen molar-refractivity contribution in [3.63, 3.8) is 0 Å². The second-order valence-corrected chi connectivity index (χ2v) is 5.75. The van der Waals surface area contributed by atoms with Gasteiger partial charge in [0.2, 0.25) is 5.91 Å². The molecule has 2 aliphatic carbocycles.